The normalized spacial score (nSPS) is 17.3. The number of nitrogens with zero attached hydrogens (tertiary/aromatic N) is 2. The highest BCUT2D eigenvalue weighted by atomic mass is 32.2. The predicted octanol–water partition coefficient (Wildman–Crippen LogP) is 2.60. The zero-order chi connectivity index (χ0) is 18.6. The first-order valence-corrected chi connectivity index (χ1v) is 9.90. The van der Waals surface area contributed by atoms with E-state index in [1.807, 2.05) is 12.1 Å². The molecule has 1 amide bonds. The molecule has 1 saturated heterocycles. The number of rotatable bonds is 4. The summed E-state index contributed by atoms with van der Waals surface area (Å²) in [6.45, 7) is 0.644. The lowest BCUT2D eigenvalue weighted by Gasteiger charge is -2.32. The van der Waals surface area contributed by atoms with E-state index in [-0.39, 0.29) is 12.5 Å². The van der Waals surface area contributed by atoms with Crippen LogP contribution in [0.3, 0.4) is 0 Å². The van der Waals surface area contributed by atoms with Gasteiger partial charge < -0.3 is 4.90 Å². The Morgan fingerprint density at radius 3 is 2.65 bits per heavy atom. The fourth-order valence-electron chi connectivity index (χ4n) is 3.03. The molecule has 26 heavy (non-hydrogen) atoms. The van der Waals surface area contributed by atoms with Crippen molar-refractivity contribution in [1.29, 1.82) is 5.26 Å². The Morgan fingerprint density at radius 2 is 1.92 bits per heavy atom. The molecular weight excluding hydrogens is 350 g/mol. The van der Waals surface area contributed by atoms with Gasteiger partial charge in [0.05, 0.1) is 16.9 Å². The van der Waals surface area contributed by atoms with Gasteiger partial charge in [0.2, 0.25) is 10.0 Å². The highest BCUT2D eigenvalue weighted by molar-refractivity contribution is 7.93. The summed E-state index contributed by atoms with van der Waals surface area (Å²) in [6.07, 6.45) is 1.12. The zero-order valence-corrected chi connectivity index (χ0v) is 14.9. The Labute approximate surface area is 153 Å². The third-order valence-corrected chi connectivity index (χ3v) is 6.16. The summed E-state index contributed by atoms with van der Waals surface area (Å²) in [6, 6.07) is 17.2. The van der Waals surface area contributed by atoms with Crippen molar-refractivity contribution in [3.63, 3.8) is 0 Å². The van der Waals surface area contributed by atoms with Crippen molar-refractivity contribution >= 4 is 21.6 Å². The number of hydrogen-bond acceptors (Lipinski definition) is 4. The predicted molar refractivity (Wildman–Crippen MR) is 99.1 cm³/mol. The summed E-state index contributed by atoms with van der Waals surface area (Å²) in [5.74, 6) is -0.248. The molecule has 0 spiro atoms. The summed E-state index contributed by atoms with van der Waals surface area (Å²) in [5, 5.41) is 8.31. The number of nitriles is 1. The molecule has 0 aliphatic carbocycles. The molecule has 0 saturated carbocycles. The maximum atomic E-state index is 12.7. The van der Waals surface area contributed by atoms with Crippen LogP contribution < -0.4 is 4.72 Å². The number of piperidine rings is 1. The van der Waals surface area contributed by atoms with E-state index >= 15 is 0 Å². The van der Waals surface area contributed by atoms with Gasteiger partial charge in [-0.05, 0) is 43.2 Å². The van der Waals surface area contributed by atoms with Crippen LogP contribution in [-0.4, -0.2) is 37.6 Å². The van der Waals surface area contributed by atoms with Crippen LogP contribution in [0.1, 0.15) is 28.8 Å². The van der Waals surface area contributed by atoms with Crippen molar-refractivity contribution in [2.24, 2.45) is 0 Å². The highest BCUT2D eigenvalue weighted by Crippen LogP contribution is 2.21. The van der Waals surface area contributed by atoms with Gasteiger partial charge in [0.25, 0.3) is 5.91 Å². The maximum Gasteiger partial charge on any atom is 0.253 e. The molecule has 1 atom stereocenters. The van der Waals surface area contributed by atoms with Crippen molar-refractivity contribution in [3.8, 4) is 6.07 Å². The van der Waals surface area contributed by atoms with Crippen molar-refractivity contribution < 1.29 is 13.2 Å². The fourth-order valence-corrected chi connectivity index (χ4v) is 4.52. The van der Waals surface area contributed by atoms with E-state index in [0.717, 1.165) is 0 Å². The number of carbonyl (C=O) groups is 1. The molecule has 2 aromatic rings. The van der Waals surface area contributed by atoms with Crippen LogP contribution in [0.15, 0.2) is 54.6 Å². The van der Waals surface area contributed by atoms with Crippen LogP contribution in [0.2, 0.25) is 0 Å². The number of para-hydroxylation sites is 1. The first-order valence-electron chi connectivity index (χ1n) is 8.36. The number of benzene rings is 2. The highest BCUT2D eigenvalue weighted by Gasteiger charge is 2.33. The van der Waals surface area contributed by atoms with Gasteiger partial charge in [-0.15, -0.1) is 0 Å². The van der Waals surface area contributed by atoms with Crippen LogP contribution in [0, 0.1) is 11.3 Å². The number of nitrogens with one attached hydrogen (secondary N) is 1. The van der Waals surface area contributed by atoms with E-state index in [1.54, 1.807) is 47.4 Å². The largest absolute Gasteiger partial charge is 0.337 e. The molecule has 3 rings (SSSR count). The molecule has 2 aromatic carbocycles. The lowest BCUT2D eigenvalue weighted by atomic mass is 10.1. The van der Waals surface area contributed by atoms with Crippen LogP contribution in [-0.2, 0) is 10.0 Å². The molecule has 7 heteroatoms. The second-order valence-electron chi connectivity index (χ2n) is 6.22. The second kappa shape index (κ2) is 7.58. The van der Waals surface area contributed by atoms with Crippen LogP contribution in [0.4, 0.5) is 5.69 Å². The van der Waals surface area contributed by atoms with Crippen molar-refractivity contribution in [3.05, 3.63) is 65.7 Å². The summed E-state index contributed by atoms with van der Waals surface area (Å²) in [7, 11) is -3.59. The standard InChI is InChI=1S/C19H19N3O3S/c20-13-15-6-4-7-16(12-15)19(23)22-11-5-10-18(14-22)26(24,25)21-17-8-2-1-3-9-17/h1-4,6-9,12,18,21H,5,10-11,14H2. The minimum absolute atomic E-state index is 0.137. The molecule has 0 aromatic heterocycles. The maximum absolute atomic E-state index is 12.7. The Morgan fingerprint density at radius 1 is 1.15 bits per heavy atom. The SMILES string of the molecule is N#Cc1cccc(C(=O)N2CCCC(S(=O)(=O)Nc3ccccc3)C2)c1. The van der Waals surface area contributed by atoms with Gasteiger partial charge in [0.15, 0.2) is 0 Å². The minimum Gasteiger partial charge on any atom is -0.337 e. The van der Waals surface area contributed by atoms with Gasteiger partial charge in [0.1, 0.15) is 0 Å². The van der Waals surface area contributed by atoms with Gasteiger partial charge in [-0.3, -0.25) is 9.52 Å². The minimum atomic E-state index is -3.59. The molecular formula is C19H19N3O3S. The molecule has 1 N–H and O–H groups in total. The monoisotopic (exact) mass is 369 g/mol. The summed E-state index contributed by atoms with van der Waals surface area (Å²) in [4.78, 5) is 14.3. The van der Waals surface area contributed by atoms with Gasteiger partial charge >= 0.3 is 0 Å². The van der Waals surface area contributed by atoms with Crippen molar-refractivity contribution in [2.45, 2.75) is 18.1 Å². The Balaban J connectivity index is 1.74. The Kier molecular flexibility index (Phi) is 5.24. The van der Waals surface area contributed by atoms with Gasteiger partial charge in [-0.25, -0.2) is 8.42 Å². The molecule has 6 nitrogen and oxygen atoms in total. The first-order chi connectivity index (χ1) is 12.5. The Hall–Kier alpha value is -2.85. The van der Waals surface area contributed by atoms with E-state index < -0.39 is 15.3 Å². The molecule has 1 heterocycles. The third-order valence-electron chi connectivity index (χ3n) is 4.38. The van der Waals surface area contributed by atoms with Crippen LogP contribution in [0.5, 0.6) is 0 Å². The van der Waals surface area contributed by atoms with Gasteiger partial charge in [-0.2, -0.15) is 5.26 Å². The average Bonchev–Trinajstić information content (AvgIpc) is 2.68. The molecule has 1 fully saturated rings. The molecule has 134 valence electrons. The number of carbonyl (C=O) groups excluding carboxylic acids is 1. The summed E-state index contributed by atoms with van der Waals surface area (Å²) < 4.78 is 27.9. The van der Waals surface area contributed by atoms with Gasteiger partial charge in [0, 0.05) is 24.3 Å². The van der Waals surface area contributed by atoms with E-state index in [9.17, 15) is 13.2 Å². The summed E-state index contributed by atoms with van der Waals surface area (Å²) in [5.41, 5.74) is 1.32. The average molecular weight is 369 g/mol. The molecule has 1 aliphatic rings. The van der Waals surface area contributed by atoms with E-state index in [2.05, 4.69) is 4.72 Å². The topological polar surface area (TPSA) is 90.3 Å². The number of likely N-dealkylation sites (tertiary alicyclic amines) is 1. The lowest BCUT2D eigenvalue weighted by Crippen LogP contribution is -2.46. The Bertz CT molecular complexity index is 936. The zero-order valence-electron chi connectivity index (χ0n) is 14.1. The fraction of sp³-hybridized carbons (Fsp3) is 0.263. The molecule has 0 radical (unpaired) electrons. The van der Waals surface area contributed by atoms with E-state index in [0.29, 0.717) is 36.2 Å². The van der Waals surface area contributed by atoms with E-state index in [1.165, 1.54) is 6.07 Å². The molecule has 1 aliphatic heterocycles. The molecule has 1 unspecified atom stereocenters. The third kappa shape index (κ3) is 4.03. The summed E-state index contributed by atoms with van der Waals surface area (Å²) >= 11 is 0. The molecule has 0 bridgehead atoms. The number of hydrogen-bond donors (Lipinski definition) is 1. The van der Waals surface area contributed by atoms with Crippen LogP contribution >= 0.6 is 0 Å². The number of sulfonamides is 1. The van der Waals surface area contributed by atoms with Crippen LogP contribution in [0.25, 0.3) is 0 Å². The van der Waals surface area contributed by atoms with Crippen molar-refractivity contribution in [2.75, 3.05) is 17.8 Å². The van der Waals surface area contributed by atoms with Crippen molar-refractivity contribution in [1.82, 2.24) is 4.90 Å². The number of anilines is 1. The second-order valence-corrected chi connectivity index (χ2v) is 8.18. The number of amides is 1. The quantitative estimate of drug-likeness (QED) is 0.897. The van der Waals surface area contributed by atoms with Gasteiger partial charge in [-0.1, -0.05) is 24.3 Å². The van der Waals surface area contributed by atoms with E-state index in [4.69, 9.17) is 5.26 Å². The lowest BCUT2D eigenvalue weighted by molar-refractivity contribution is 0.0727. The first kappa shape index (κ1) is 18.0. The smallest absolute Gasteiger partial charge is 0.253 e.